The van der Waals surface area contributed by atoms with Crippen molar-refractivity contribution in [3.8, 4) is 0 Å². The van der Waals surface area contributed by atoms with Crippen LogP contribution in [0.2, 0.25) is 10.0 Å². The number of esters is 2. The molecule has 0 saturated heterocycles. The van der Waals surface area contributed by atoms with E-state index in [1.54, 1.807) is 38.1 Å². The predicted octanol–water partition coefficient (Wildman–Crippen LogP) is 4.05. The van der Waals surface area contributed by atoms with Gasteiger partial charge < -0.3 is 9.47 Å². The van der Waals surface area contributed by atoms with E-state index in [4.69, 9.17) is 32.7 Å². The molecule has 1 fully saturated rings. The van der Waals surface area contributed by atoms with Crippen molar-refractivity contribution in [3.63, 3.8) is 0 Å². The third kappa shape index (κ3) is 3.70. The summed E-state index contributed by atoms with van der Waals surface area (Å²) in [5.74, 6) is -2.83. The number of hydrogen-bond donors (Lipinski definition) is 0. The van der Waals surface area contributed by atoms with Gasteiger partial charge in [0, 0.05) is 16.0 Å². The fourth-order valence-electron chi connectivity index (χ4n) is 3.73. The molecule has 160 valence electrons. The van der Waals surface area contributed by atoms with E-state index in [0.29, 0.717) is 15.6 Å². The molecule has 0 aliphatic heterocycles. The minimum Gasteiger partial charge on any atom is -0.465 e. The molecule has 1 aliphatic rings. The van der Waals surface area contributed by atoms with Crippen molar-refractivity contribution in [2.24, 2.45) is 5.41 Å². The Labute approximate surface area is 185 Å². The zero-order valence-corrected chi connectivity index (χ0v) is 18.6. The van der Waals surface area contributed by atoms with E-state index in [1.165, 1.54) is 24.3 Å². The number of carbonyl (C=O) groups excluding carboxylic acids is 2. The van der Waals surface area contributed by atoms with Crippen LogP contribution in [-0.4, -0.2) is 38.8 Å². The summed E-state index contributed by atoms with van der Waals surface area (Å²) >= 11 is 11.8. The average Bonchev–Trinajstić information content (AvgIpc) is 3.42. The van der Waals surface area contributed by atoms with Crippen molar-refractivity contribution in [1.29, 1.82) is 0 Å². The van der Waals surface area contributed by atoms with Crippen molar-refractivity contribution < 1.29 is 27.5 Å². The summed E-state index contributed by atoms with van der Waals surface area (Å²) in [6, 6.07) is 11.9. The molecule has 0 N–H and O–H groups in total. The highest BCUT2D eigenvalue weighted by Crippen LogP contribution is 2.65. The van der Waals surface area contributed by atoms with Crippen LogP contribution in [0.15, 0.2) is 53.4 Å². The Morgan fingerprint density at radius 3 is 1.73 bits per heavy atom. The molecule has 1 saturated carbocycles. The van der Waals surface area contributed by atoms with Gasteiger partial charge in [0.25, 0.3) is 0 Å². The lowest BCUT2D eigenvalue weighted by Gasteiger charge is -2.15. The second kappa shape index (κ2) is 8.57. The highest BCUT2D eigenvalue weighted by Gasteiger charge is 2.81. The number of hydrogen-bond acceptors (Lipinski definition) is 6. The first-order valence-corrected chi connectivity index (χ1v) is 11.6. The zero-order valence-electron chi connectivity index (χ0n) is 16.3. The lowest BCUT2D eigenvalue weighted by atomic mass is 9.99. The first kappa shape index (κ1) is 22.6. The largest absolute Gasteiger partial charge is 0.465 e. The van der Waals surface area contributed by atoms with Gasteiger partial charge in [-0.2, -0.15) is 0 Å². The number of carbonyl (C=O) groups is 2. The molecule has 1 aliphatic carbocycles. The maximum atomic E-state index is 13.5. The minimum atomic E-state index is -4.12. The maximum absolute atomic E-state index is 13.5. The van der Waals surface area contributed by atoms with Crippen molar-refractivity contribution in [2.75, 3.05) is 13.2 Å². The Morgan fingerprint density at radius 2 is 1.30 bits per heavy atom. The molecule has 9 heteroatoms. The van der Waals surface area contributed by atoms with Gasteiger partial charge >= 0.3 is 11.9 Å². The molecular formula is C21H20Cl2O6S. The zero-order chi connectivity index (χ0) is 22.1. The second-order valence-electron chi connectivity index (χ2n) is 6.76. The molecule has 0 bridgehead atoms. The predicted molar refractivity (Wildman–Crippen MR) is 112 cm³/mol. The molecule has 0 amide bonds. The fraction of sp³-hybridized carbons (Fsp3) is 0.333. The molecule has 3 rings (SSSR count). The Balaban J connectivity index is 2.19. The molecule has 0 aromatic heterocycles. The van der Waals surface area contributed by atoms with E-state index in [0.717, 1.165) is 0 Å². The van der Waals surface area contributed by atoms with E-state index < -0.39 is 38.4 Å². The van der Waals surface area contributed by atoms with Crippen molar-refractivity contribution >= 4 is 45.0 Å². The summed E-state index contributed by atoms with van der Waals surface area (Å²) in [4.78, 5) is 26.0. The van der Waals surface area contributed by atoms with Crippen molar-refractivity contribution in [2.45, 2.75) is 29.9 Å². The summed E-state index contributed by atoms with van der Waals surface area (Å²) < 4.78 is 37.3. The van der Waals surface area contributed by atoms with Gasteiger partial charge in [0.1, 0.15) is 5.25 Å². The van der Waals surface area contributed by atoms with Crippen LogP contribution in [0.1, 0.15) is 25.3 Å². The summed E-state index contributed by atoms with van der Waals surface area (Å²) in [5.41, 5.74) is -1.53. The first-order chi connectivity index (χ1) is 14.2. The third-order valence-corrected chi connectivity index (χ3v) is 7.81. The van der Waals surface area contributed by atoms with Crippen LogP contribution in [0.4, 0.5) is 0 Å². The van der Waals surface area contributed by atoms with Gasteiger partial charge in [-0.3, -0.25) is 9.59 Å². The standard InChI is InChI=1S/C21H20Cl2O6S/c1-3-28-19(24)21(20(25)29-4-2)17(13-5-7-14(22)8-6-13)18(21)30(26,27)16-11-9-15(23)10-12-16/h5-12,17-18H,3-4H2,1-2H3/t17-,18+/m1/s1. The Morgan fingerprint density at radius 1 is 0.867 bits per heavy atom. The molecule has 30 heavy (non-hydrogen) atoms. The van der Waals surface area contributed by atoms with E-state index in [-0.39, 0.29) is 18.1 Å². The highest BCUT2D eigenvalue weighted by atomic mass is 35.5. The van der Waals surface area contributed by atoms with Crippen LogP contribution in [0.25, 0.3) is 0 Å². The second-order valence-corrected chi connectivity index (χ2v) is 9.70. The summed E-state index contributed by atoms with van der Waals surface area (Å²) in [7, 11) is -4.12. The molecule has 0 heterocycles. The van der Waals surface area contributed by atoms with E-state index in [9.17, 15) is 18.0 Å². The first-order valence-electron chi connectivity index (χ1n) is 9.30. The summed E-state index contributed by atoms with van der Waals surface area (Å²) in [5, 5.41) is -0.583. The number of ether oxygens (including phenoxy) is 2. The van der Waals surface area contributed by atoms with E-state index >= 15 is 0 Å². The van der Waals surface area contributed by atoms with Crippen molar-refractivity contribution in [3.05, 3.63) is 64.1 Å². The van der Waals surface area contributed by atoms with Gasteiger partial charge in [0.05, 0.1) is 18.1 Å². The number of halogens is 2. The molecule has 2 aromatic carbocycles. The average molecular weight is 471 g/mol. The molecule has 0 unspecified atom stereocenters. The highest BCUT2D eigenvalue weighted by molar-refractivity contribution is 7.92. The molecule has 6 nitrogen and oxygen atoms in total. The monoisotopic (exact) mass is 470 g/mol. The fourth-order valence-corrected chi connectivity index (χ4v) is 6.27. The van der Waals surface area contributed by atoms with E-state index in [1.807, 2.05) is 0 Å². The van der Waals surface area contributed by atoms with Crippen LogP contribution in [0.5, 0.6) is 0 Å². The van der Waals surface area contributed by atoms with Gasteiger partial charge in [-0.1, -0.05) is 35.3 Å². The van der Waals surface area contributed by atoms with Gasteiger partial charge in [-0.25, -0.2) is 8.42 Å². The SMILES string of the molecule is CCOC(=O)C1(C(=O)OCC)[C@H](c2ccc(Cl)cc2)[C@@H]1S(=O)(=O)c1ccc(Cl)cc1. The van der Waals surface area contributed by atoms with E-state index in [2.05, 4.69) is 0 Å². The van der Waals surface area contributed by atoms with Gasteiger partial charge in [0.15, 0.2) is 15.3 Å². The van der Waals surface area contributed by atoms with Crippen LogP contribution in [0, 0.1) is 5.41 Å². The Kier molecular flexibility index (Phi) is 6.45. The van der Waals surface area contributed by atoms with Crippen molar-refractivity contribution in [1.82, 2.24) is 0 Å². The lowest BCUT2D eigenvalue weighted by Crippen LogP contribution is -2.35. The maximum Gasteiger partial charge on any atom is 0.325 e. The smallest absolute Gasteiger partial charge is 0.325 e. The third-order valence-electron chi connectivity index (χ3n) is 5.06. The molecular weight excluding hydrogens is 451 g/mol. The summed E-state index contributed by atoms with van der Waals surface area (Å²) in [6.07, 6.45) is 0. The number of sulfone groups is 1. The normalized spacial score (nSPS) is 19.7. The van der Waals surface area contributed by atoms with Gasteiger partial charge in [-0.15, -0.1) is 0 Å². The molecule has 2 atom stereocenters. The molecule has 0 radical (unpaired) electrons. The Hall–Kier alpha value is -2.09. The molecule has 2 aromatic rings. The summed E-state index contributed by atoms with van der Waals surface area (Å²) in [6.45, 7) is 3.14. The van der Waals surface area contributed by atoms with Crippen LogP contribution < -0.4 is 0 Å². The van der Waals surface area contributed by atoms with Gasteiger partial charge in [-0.05, 0) is 55.8 Å². The minimum absolute atomic E-state index is 0.0129. The lowest BCUT2D eigenvalue weighted by molar-refractivity contribution is -0.164. The quantitative estimate of drug-likeness (QED) is 0.448. The topological polar surface area (TPSA) is 86.7 Å². The van der Waals surface area contributed by atoms with Crippen LogP contribution in [-0.2, 0) is 28.9 Å². The van der Waals surface area contributed by atoms with Gasteiger partial charge in [0.2, 0.25) is 0 Å². The number of rotatable bonds is 7. The van der Waals surface area contributed by atoms with Crippen LogP contribution in [0.3, 0.4) is 0 Å². The van der Waals surface area contributed by atoms with Crippen LogP contribution >= 0.6 is 23.2 Å². The Bertz CT molecular complexity index is 1030. The molecule has 0 spiro atoms. The number of benzene rings is 2.